The van der Waals surface area contributed by atoms with Crippen LogP contribution < -0.4 is 0 Å². The molecule has 0 aliphatic carbocycles. The maximum absolute atomic E-state index is 12.9. The Labute approximate surface area is 143 Å². The number of nitrogens with zero attached hydrogens (tertiary/aromatic N) is 2. The Bertz CT molecular complexity index is 732. The molecule has 0 spiro atoms. The fourth-order valence-electron chi connectivity index (χ4n) is 3.78. The third-order valence-corrected chi connectivity index (χ3v) is 6.48. The molecule has 2 saturated heterocycles. The highest BCUT2D eigenvalue weighted by atomic mass is 32.2. The number of carbonyl (C=O) groups excluding carboxylic acids is 1. The minimum Gasteiger partial charge on any atom is -0.507 e. The summed E-state index contributed by atoms with van der Waals surface area (Å²) >= 11 is 0. The summed E-state index contributed by atoms with van der Waals surface area (Å²) < 4.78 is 24.4. The number of amides is 1. The molecular formula is C17H24N2O4S. The van der Waals surface area contributed by atoms with Crippen LogP contribution in [0.5, 0.6) is 5.75 Å². The third-order valence-electron chi connectivity index (χ3n) is 4.79. The van der Waals surface area contributed by atoms with Gasteiger partial charge in [-0.15, -0.1) is 0 Å². The van der Waals surface area contributed by atoms with Gasteiger partial charge in [-0.3, -0.25) is 9.69 Å². The van der Waals surface area contributed by atoms with Crippen LogP contribution in [0.25, 0.3) is 0 Å². The summed E-state index contributed by atoms with van der Waals surface area (Å²) in [7, 11) is -3.15. The van der Waals surface area contributed by atoms with Crippen LogP contribution in [-0.4, -0.2) is 72.5 Å². The average molecular weight is 352 g/mol. The largest absolute Gasteiger partial charge is 0.507 e. The molecule has 0 unspecified atom stereocenters. The van der Waals surface area contributed by atoms with E-state index in [1.54, 1.807) is 23.1 Å². The number of para-hydroxylation sites is 1. The van der Waals surface area contributed by atoms with E-state index in [4.69, 9.17) is 0 Å². The molecule has 0 radical (unpaired) electrons. The quantitative estimate of drug-likeness (QED) is 0.877. The molecule has 1 N–H and O–H groups in total. The van der Waals surface area contributed by atoms with Crippen LogP contribution in [0.15, 0.2) is 24.3 Å². The van der Waals surface area contributed by atoms with E-state index in [1.165, 1.54) is 6.07 Å². The number of carbonyl (C=O) groups is 1. The van der Waals surface area contributed by atoms with Gasteiger partial charge in [-0.05, 0) is 18.1 Å². The number of hydrogen-bond donors (Lipinski definition) is 1. The van der Waals surface area contributed by atoms with Gasteiger partial charge in [-0.1, -0.05) is 26.0 Å². The zero-order valence-corrected chi connectivity index (χ0v) is 14.9. The van der Waals surface area contributed by atoms with Crippen molar-refractivity contribution in [1.29, 1.82) is 0 Å². The van der Waals surface area contributed by atoms with Crippen molar-refractivity contribution < 1.29 is 18.3 Å². The van der Waals surface area contributed by atoms with Crippen LogP contribution in [-0.2, 0) is 9.84 Å². The van der Waals surface area contributed by atoms with Gasteiger partial charge in [0.2, 0.25) is 0 Å². The van der Waals surface area contributed by atoms with E-state index < -0.39 is 9.84 Å². The molecule has 24 heavy (non-hydrogen) atoms. The zero-order valence-electron chi connectivity index (χ0n) is 14.1. The van der Waals surface area contributed by atoms with Gasteiger partial charge in [-0.2, -0.15) is 0 Å². The second-order valence-corrected chi connectivity index (χ2v) is 9.27. The first kappa shape index (κ1) is 17.2. The Balaban J connectivity index is 1.88. The second kappa shape index (κ2) is 6.37. The van der Waals surface area contributed by atoms with Gasteiger partial charge in [0.15, 0.2) is 9.84 Å². The van der Waals surface area contributed by atoms with Crippen molar-refractivity contribution in [1.82, 2.24) is 9.80 Å². The van der Waals surface area contributed by atoms with E-state index >= 15 is 0 Å². The second-order valence-electron chi connectivity index (χ2n) is 7.12. The first-order chi connectivity index (χ1) is 11.3. The average Bonchev–Trinajstić information content (AvgIpc) is 2.82. The van der Waals surface area contributed by atoms with Gasteiger partial charge in [0.1, 0.15) is 5.75 Å². The predicted octanol–water partition coefficient (Wildman–Crippen LogP) is 0.972. The summed E-state index contributed by atoms with van der Waals surface area (Å²) in [5, 5.41) is 9.95. The van der Waals surface area contributed by atoms with Gasteiger partial charge in [-0.25, -0.2) is 8.42 Å². The van der Waals surface area contributed by atoms with Crippen LogP contribution in [0.2, 0.25) is 0 Å². The van der Waals surface area contributed by atoms with Gasteiger partial charge in [0.25, 0.3) is 5.91 Å². The Morgan fingerprint density at radius 2 is 1.88 bits per heavy atom. The Morgan fingerprint density at radius 1 is 1.21 bits per heavy atom. The van der Waals surface area contributed by atoms with Gasteiger partial charge in [0.05, 0.1) is 23.1 Å². The number of piperazine rings is 1. The minimum absolute atomic E-state index is 0.00555. The maximum atomic E-state index is 12.9. The molecule has 2 aliphatic heterocycles. The molecule has 7 heteroatoms. The van der Waals surface area contributed by atoms with E-state index in [-0.39, 0.29) is 40.8 Å². The molecule has 1 aromatic carbocycles. The van der Waals surface area contributed by atoms with Crippen molar-refractivity contribution in [2.45, 2.75) is 25.9 Å². The fourth-order valence-corrected chi connectivity index (χ4v) is 5.79. The molecule has 2 atom stereocenters. The lowest BCUT2D eigenvalue weighted by molar-refractivity contribution is 0.0295. The van der Waals surface area contributed by atoms with Gasteiger partial charge in [0, 0.05) is 25.7 Å². The summed E-state index contributed by atoms with van der Waals surface area (Å²) in [5.74, 6) is 0.198. The van der Waals surface area contributed by atoms with Gasteiger partial charge < -0.3 is 10.0 Å². The lowest BCUT2D eigenvalue weighted by Gasteiger charge is -2.44. The third kappa shape index (κ3) is 3.28. The molecule has 132 valence electrons. The van der Waals surface area contributed by atoms with Crippen LogP contribution in [0.4, 0.5) is 0 Å². The molecule has 1 aromatic rings. The number of phenolic OH excluding ortho intramolecular Hbond substituents is 1. The van der Waals surface area contributed by atoms with Crippen LogP contribution in [0.3, 0.4) is 0 Å². The molecule has 0 aromatic heterocycles. The molecule has 0 saturated carbocycles. The van der Waals surface area contributed by atoms with Crippen LogP contribution in [0, 0.1) is 5.92 Å². The number of rotatable bonds is 3. The molecule has 2 heterocycles. The van der Waals surface area contributed by atoms with E-state index in [1.807, 2.05) is 0 Å². The smallest absolute Gasteiger partial charge is 0.257 e. The monoisotopic (exact) mass is 352 g/mol. The first-order valence-corrected chi connectivity index (χ1v) is 10.1. The molecule has 3 rings (SSSR count). The van der Waals surface area contributed by atoms with Crippen LogP contribution >= 0.6 is 0 Å². The SMILES string of the molecule is CC(C)CN1CCN(C(=O)c2ccccc2O)[C@H]2CS(=O)(=O)C[C@H]21. The number of phenols is 1. The van der Waals surface area contributed by atoms with Crippen LogP contribution in [0.1, 0.15) is 24.2 Å². The predicted molar refractivity (Wildman–Crippen MR) is 91.8 cm³/mol. The lowest BCUT2D eigenvalue weighted by atomic mass is 10.0. The van der Waals surface area contributed by atoms with E-state index in [2.05, 4.69) is 18.7 Å². The molecule has 2 fully saturated rings. The molecule has 0 bridgehead atoms. The standard InChI is InChI=1S/C17H24N2O4S/c1-12(2)9-18-7-8-19(15-11-24(22,23)10-14(15)18)17(21)13-5-3-4-6-16(13)20/h3-6,12,14-15,20H,7-11H2,1-2H3/t14-,15+/m1/s1. The van der Waals surface area contributed by atoms with Crippen molar-refractivity contribution in [2.75, 3.05) is 31.1 Å². The maximum Gasteiger partial charge on any atom is 0.257 e. The van der Waals surface area contributed by atoms with Crippen molar-refractivity contribution >= 4 is 15.7 Å². The fraction of sp³-hybridized carbons (Fsp3) is 0.588. The van der Waals surface area contributed by atoms with Crippen molar-refractivity contribution in [3.63, 3.8) is 0 Å². The molecule has 1 amide bonds. The van der Waals surface area contributed by atoms with Crippen molar-refractivity contribution in [2.24, 2.45) is 5.92 Å². The summed E-state index contributed by atoms with van der Waals surface area (Å²) in [6, 6.07) is 5.93. The lowest BCUT2D eigenvalue weighted by Crippen LogP contribution is -2.61. The highest BCUT2D eigenvalue weighted by Crippen LogP contribution is 2.30. The van der Waals surface area contributed by atoms with Gasteiger partial charge >= 0.3 is 0 Å². The summed E-state index contributed by atoms with van der Waals surface area (Å²) in [5.41, 5.74) is 0.234. The highest BCUT2D eigenvalue weighted by molar-refractivity contribution is 7.91. The van der Waals surface area contributed by atoms with E-state index in [9.17, 15) is 18.3 Å². The number of hydrogen-bond acceptors (Lipinski definition) is 5. The number of fused-ring (bicyclic) bond motifs is 1. The topological polar surface area (TPSA) is 77.9 Å². The van der Waals surface area contributed by atoms with E-state index in [0.717, 1.165) is 6.54 Å². The Kier molecular flexibility index (Phi) is 4.57. The molecule has 2 aliphatic rings. The highest BCUT2D eigenvalue weighted by Gasteiger charge is 2.48. The number of aromatic hydroxyl groups is 1. The Hall–Kier alpha value is -1.60. The number of sulfone groups is 1. The summed E-state index contributed by atoms with van der Waals surface area (Å²) in [6.07, 6.45) is 0. The summed E-state index contributed by atoms with van der Waals surface area (Å²) in [6.45, 7) is 6.19. The Morgan fingerprint density at radius 3 is 2.54 bits per heavy atom. The minimum atomic E-state index is -3.15. The number of benzene rings is 1. The van der Waals surface area contributed by atoms with Crippen molar-refractivity contribution in [3.05, 3.63) is 29.8 Å². The van der Waals surface area contributed by atoms with E-state index in [0.29, 0.717) is 19.0 Å². The zero-order chi connectivity index (χ0) is 17.5. The molecule has 6 nitrogen and oxygen atoms in total. The molecular weight excluding hydrogens is 328 g/mol. The normalized spacial score (nSPS) is 26.5. The first-order valence-electron chi connectivity index (χ1n) is 8.32. The van der Waals surface area contributed by atoms with Crippen molar-refractivity contribution in [3.8, 4) is 5.75 Å². The summed E-state index contributed by atoms with van der Waals surface area (Å²) in [4.78, 5) is 16.7.